The van der Waals surface area contributed by atoms with Crippen molar-refractivity contribution in [3.05, 3.63) is 52.9 Å². The lowest BCUT2D eigenvalue weighted by atomic mass is 10.00. The van der Waals surface area contributed by atoms with Gasteiger partial charge in [-0.05, 0) is 37.5 Å². The number of fused-ring (bicyclic) bond motifs is 3. The fourth-order valence-corrected chi connectivity index (χ4v) is 3.34. The zero-order valence-electron chi connectivity index (χ0n) is 12.7. The van der Waals surface area contributed by atoms with Gasteiger partial charge in [0.15, 0.2) is 17.2 Å². The summed E-state index contributed by atoms with van der Waals surface area (Å²) in [6.07, 6.45) is 5.18. The molecule has 0 unspecified atom stereocenters. The Morgan fingerprint density at radius 1 is 1.22 bits per heavy atom. The number of benzene rings is 1. The second-order valence-corrected chi connectivity index (χ2v) is 6.02. The van der Waals surface area contributed by atoms with E-state index < -0.39 is 17.8 Å². The highest BCUT2D eigenvalue weighted by Gasteiger charge is 2.52. The van der Waals surface area contributed by atoms with Crippen LogP contribution in [0.3, 0.4) is 0 Å². The number of anilines is 1. The molecule has 0 saturated heterocycles. The van der Waals surface area contributed by atoms with E-state index in [0.717, 1.165) is 47.5 Å². The molecule has 0 bridgehead atoms. The predicted molar refractivity (Wildman–Crippen MR) is 78.6 cm³/mol. The Hall–Kier alpha value is -2.63. The first-order valence-corrected chi connectivity index (χ1v) is 7.71. The molecule has 0 radical (unpaired) electrons. The van der Waals surface area contributed by atoms with Gasteiger partial charge in [0.25, 0.3) is 5.69 Å². The number of carbonyl (C=O) groups is 2. The van der Waals surface area contributed by atoms with Crippen LogP contribution < -0.4 is 14.5 Å². The molecular formula is C17H16FN3O2+2. The van der Waals surface area contributed by atoms with Crippen molar-refractivity contribution in [1.82, 2.24) is 0 Å². The van der Waals surface area contributed by atoms with E-state index >= 15 is 0 Å². The molecule has 1 aromatic heterocycles. The Labute approximate surface area is 132 Å². The zero-order valence-corrected chi connectivity index (χ0v) is 12.7. The molecule has 2 heterocycles. The molecule has 5 nitrogen and oxygen atoms in total. The van der Waals surface area contributed by atoms with Crippen LogP contribution in [0.15, 0.2) is 24.4 Å². The number of amides is 2. The molecule has 4 rings (SSSR count). The second kappa shape index (κ2) is 4.94. The molecule has 1 aromatic carbocycles. The molecule has 0 spiro atoms. The second-order valence-electron chi connectivity index (χ2n) is 6.02. The highest BCUT2D eigenvalue weighted by molar-refractivity contribution is 6.20. The number of imide groups is 1. The van der Waals surface area contributed by atoms with Gasteiger partial charge in [-0.1, -0.05) is 6.07 Å². The maximum atomic E-state index is 14.2. The van der Waals surface area contributed by atoms with Crippen LogP contribution in [0.2, 0.25) is 0 Å². The van der Waals surface area contributed by atoms with Crippen LogP contribution in [0, 0.1) is 12.7 Å². The van der Waals surface area contributed by atoms with Gasteiger partial charge in [0.1, 0.15) is 0 Å². The van der Waals surface area contributed by atoms with E-state index in [1.54, 1.807) is 19.2 Å². The van der Waals surface area contributed by atoms with Crippen LogP contribution in [0.5, 0.6) is 0 Å². The summed E-state index contributed by atoms with van der Waals surface area (Å²) >= 11 is 0. The lowest BCUT2D eigenvalue weighted by Crippen LogP contribution is -2.52. The largest absolute Gasteiger partial charge is 0.512 e. The van der Waals surface area contributed by atoms with E-state index in [4.69, 9.17) is 0 Å². The number of aryl methyl sites for hydroxylation is 2. The summed E-state index contributed by atoms with van der Waals surface area (Å²) in [5.41, 5.74) is 2.81. The third-order valence-electron chi connectivity index (χ3n) is 4.48. The average molecular weight is 313 g/mol. The molecule has 0 saturated carbocycles. The van der Waals surface area contributed by atoms with Gasteiger partial charge in [-0.3, -0.25) is 0 Å². The first-order chi connectivity index (χ1) is 11.1. The summed E-state index contributed by atoms with van der Waals surface area (Å²) in [5, 5.41) is 0. The highest BCUT2D eigenvalue weighted by Crippen LogP contribution is 2.26. The van der Waals surface area contributed by atoms with Crippen molar-refractivity contribution in [2.45, 2.75) is 32.6 Å². The predicted octanol–water partition coefficient (Wildman–Crippen LogP) is 1.74. The van der Waals surface area contributed by atoms with E-state index in [1.807, 2.05) is 0 Å². The molecule has 6 heteroatoms. The molecule has 1 aliphatic carbocycles. The number of halogens is 1. The van der Waals surface area contributed by atoms with Gasteiger partial charge in [-0.25, -0.2) is 14.2 Å². The maximum Gasteiger partial charge on any atom is 0.512 e. The number of rotatable bonds is 1. The Morgan fingerprint density at radius 2 is 2.00 bits per heavy atom. The number of aromatic nitrogens is 2. The fourth-order valence-electron chi connectivity index (χ4n) is 3.34. The minimum absolute atomic E-state index is 0.00106. The lowest BCUT2D eigenvalue weighted by Gasteiger charge is -2.09. The van der Waals surface area contributed by atoms with E-state index in [2.05, 4.69) is 4.98 Å². The molecule has 2 aromatic rings. The van der Waals surface area contributed by atoms with Crippen molar-refractivity contribution in [3.8, 4) is 0 Å². The van der Waals surface area contributed by atoms with Crippen LogP contribution in [-0.4, -0.2) is 11.9 Å². The lowest BCUT2D eigenvalue weighted by molar-refractivity contribution is -0.596. The van der Waals surface area contributed by atoms with Crippen LogP contribution in [0.25, 0.3) is 0 Å². The van der Waals surface area contributed by atoms with Crippen LogP contribution >= 0.6 is 0 Å². The van der Waals surface area contributed by atoms with Gasteiger partial charge < -0.3 is 0 Å². The van der Waals surface area contributed by atoms with E-state index in [9.17, 15) is 14.0 Å². The maximum absolute atomic E-state index is 14.2. The quantitative estimate of drug-likeness (QED) is 0.753. The number of hydrogen-bond acceptors (Lipinski definition) is 2. The fraction of sp³-hybridized carbons (Fsp3) is 0.294. The zero-order chi connectivity index (χ0) is 16.1. The van der Waals surface area contributed by atoms with Gasteiger partial charge in [0.05, 0.1) is 0 Å². The third kappa shape index (κ3) is 1.98. The molecule has 2 amide bonds. The van der Waals surface area contributed by atoms with Gasteiger partial charge in [0.2, 0.25) is 11.9 Å². The Morgan fingerprint density at radius 3 is 2.78 bits per heavy atom. The minimum Gasteiger partial charge on any atom is -0.236 e. The van der Waals surface area contributed by atoms with Crippen LogP contribution in [0.1, 0.15) is 40.3 Å². The number of hydrogen-bond donors (Lipinski definition) is 0. The Kier molecular flexibility index (Phi) is 3.01. The molecule has 2 aliphatic rings. The summed E-state index contributed by atoms with van der Waals surface area (Å²) in [5.74, 6) is -1.07. The summed E-state index contributed by atoms with van der Waals surface area (Å²) in [6.45, 7) is 1.76. The standard InChI is InChI=1S/C17H15FN3O2/c1-10-6-7-13(11(18)8-10)21-16(22)15-9-19-12-4-2-3-5-14(12)20(15)17(21)23/h6-9H,2-5H2,1H3/q+1/p+1. The van der Waals surface area contributed by atoms with Crippen molar-refractivity contribution in [1.29, 1.82) is 0 Å². The molecule has 1 aliphatic heterocycles. The topological polar surface area (TPSA) is 55.4 Å². The summed E-state index contributed by atoms with van der Waals surface area (Å²) in [4.78, 5) is 29.5. The van der Waals surface area contributed by atoms with E-state index in [1.165, 1.54) is 16.7 Å². The molecule has 23 heavy (non-hydrogen) atoms. The third-order valence-corrected chi connectivity index (χ3v) is 4.48. The van der Waals surface area contributed by atoms with Crippen molar-refractivity contribution in [2.75, 3.05) is 4.90 Å². The first kappa shape index (κ1) is 14.0. The van der Waals surface area contributed by atoms with Crippen LogP contribution in [-0.2, 0) is 12.8 Å². The number of nitrogens with zero attached hydrogens (tertiary/aromatic N) is 2. The number of aromatic amines is 1. The number of carbonyl (C=O) groups excluding carboxylic acids is 2. The van der Waals surface area contributed by atoms with E-state index in [-0.39, 0.29) is 11.4 Å². The molecule has 0 atom stereocenters. The van der Waals surface area contributed by atoms with Gasteiger partial charge in [-0.15, -0.1) is 9.47 Å². The van der Waals surface area contributed by atoms with Crippen molar-refractivity contribution < 1.29 is 23.5 Å². The normalized spacial score (nSPS) is 16.5. The van der Waals surface area contributed by atoms with Crippen LogP contribution in [0.4, 0.5) is 14.9 Å². The molecule has 116 valence electrons. The number of H-pyrrole nitrogens is 1. The average Bonchev–Trinajstić information content (AvgIpc) is 2.80. The summed E-state index contributed by atoms with van der Waals surface area (Å²) in [6, 6.07) is 3.99. The van der Waals surface area contributed by atoms with Crippen molar-refractivity contribution >= 4 is 17.6 Å². The summed E-state index contributed by atoms with van der Waals surface area (Å²) < 4.78 is 15.7. The van der Waals surface area contributed by atoms with Gasteiger partial charge in [-0.2, -0.15) is 4.79 Å². The summed E-state index contributed by atoms with van der Waals surface area (Å²) in [7, 11) is 0. The molecule has 1 N–H and O–H groups in total. The monoisotopic (exact) mass is 313 g/mol. The minimum atomic E-state index is -0.571. The SMILES string of the molecule is Cc1ccc(N2C(=O)c3c[nH+]c4c([n+]3C2=O)CCCC4)c(F)c1. The smallest absolute Gasteiger partial charge is 0.236 e. The molecular weight excluding hydrogens is 297 g/mol. The van der Waals surface area contributed by atoms with Crippen molar-refractivity contribution in [2.24, 2.45) is 0 Å². The number of nitrogens with one attached hydrogen (secondary N) is 1. The highest BCUT2D eigenvalue weighted by atomic mass is 19.1. The van der Waals surface area contributed by atoms with E-state index in [0.29, 0.717) is 0 Å². The first-order valence-electron chi connectivity index (χ1n) is 7.71. The van der Waals surface area contributed by atoms with Gasteiger partial charge in [0, 0.05) is 12.8 Å². The van der Waals surface area contributed by atoms with Gasteiger partial charge >= 0.3 is 11.9 Å². The Bertz CT molecular complexity index is 863. The van der Waals surface area contributed by atoms with Crippen molar-refractivity contribution in [3.63, 3.8) is 0 Å². The molecule has 0 fully saturated rings. The Balaban J connectivity index is 1.87.